The molecular weight excluding hydrogens is 540 g/mol. The van der Waals surface area contributed by atoms with Gasteiger partial charge in [0, 0.05) is 19.8 Å². The van der Waals surface area contributed by atoms with E-state index in [2.05, 4.69) is 12.2 Å². The highest BCUT2D eigenvalue weighted by Gasteiger charge is 2.09. The van der Waals surface area contributed by atoms with Gasteiger partial charge in [-0.1, -0.05) is 192 Å². The molecule has 0 saturated heterocycles. The van der Waals surface area contributed by atoms with E-state index in [9.17, 15) is 0 Å². The summed E-state index contributed by atoms with van der Waals surface area (Å²) in [6.45, 7) is 1.08. The number of hydrogen-bond donors (Lipinski definition) is 3. The van der Waals surface area contributed by atoms with Crippen LogP contribution in [0, 0.1) is 5.92 Å². The molecule has 0 fully saturated rings. The third-order valence-electron chi connectivity index (χ3n) is 9.72. The highest BCUT2D eigenvalue weighted by molar-refractivity contribution is 4.81. The first-order chi connectivity index (χ1) is 21.8. The predicted molar refractivity (Wildman–Crippen MR) is 195 cm³/mol. The van der Waals surface area contributed by atoms with Crippen LogP contribution in [0.5, 0.6) is 0 Å². The van der Waals surface area contributed by atoms with Gasteiger partial charge in [0.1, 0.15) is 0 Å². The van der Waals surface area contributed by atoms with Crippen molar-refractivity contribution in [2.75, 3.05) is 19.8 Å². The first-order valence-corrected chi connectivity index (χ1v) is 20.3. The normalized spacial score (nSPS) is 12.5. The monoisotopic (exact) mass is 623 g/mol. The maximum atomic E-state index is 8.91. The Kier molecular flexibility index (Phi) is 40.3. The van der Waals surface area contributed by atoms with Crippen LogP contribution in [0.2, 0.25) is 0 Å². The number of aliphatic hydroxyl groups is 3. The molecule has 3 N–H and O–H groups in total. The van der Waals surface area contributed by atoms with Gasteiger partial charge in [0.25, 0.3) is 0 Å². The Morgan fingerprint density at radius 1 is 0.250 bits per heavy atom. The molecule has 1 atom stereocenters. The summed E-state index contributed by atoms with van der Waals surface area (Å²) < 4.78 is 0. The first-order valence-electron chi connectivity index (χ1n) is 20.3. The molecule has 44 heavy (non-hydrogen) atoms. The molecule has 1 unspecified atom stereocenters. The SMILES string of the molecule is OCCCCCCCC/C=C\CCCCCCCC(CCCCCCCCCCCO)CCCCCCCCCCCCO. The van der Waals surface area contributed by atoms with Gasteiger partial charge in [0.15, 0.2) is 0 Å². The molecule has 264 valence electrons. The van der Waals surface area contributed by atoms with Crippen LogP contribution in [0.25, 0.3) is 0 Å². The molecule has 0 bridgehead atoms. The van der Waals surface area contributed by atoms with Gasteiger partial charge in [-0.3, -0.25) is 0 Å². The standard InChI is InChI=1S/C41H82O3/c42-38-32-26-20-14-8-5-3-1-2-4-6-11-17-23-29-35-41(37-31-25-19-13-10-16-22-28-34-40-44)36-30-24-18-12-7-9-15-21-27-33-39-43/h1-2,41-44H,3-40H2/b2-1-. The van der Waals surface area contributed by atoms with Crippen LogP contribution in [0.15, 0.2) is 12.2 Å². The van der Waals surface area contributed by atoms with Crippen LogP contribution in [-0.2, 0) is 0 Å². The minimum atomic E-state index is 0.355. The molecule has 0 aromatic carbocycles. The first kappa shape index (κ1) is 43.6. The van der Waals surface area contributed by atoms with Crippen molar-refractivity contribution in [3.8, 4) is 0 Å². The van der Waals surface area contributed by atoms with Crippen LogP contribution in [0.1, 0.15) is 225 Å². The zero-order valence-electron chi connectivity index (χ0n) is 29.9. The maximum absolute atomic E-state index is 8.91. The maximum Gasteiger partial charge on any atom is 0.0431 e. The molecule has 0 rings (SSSR count). The Hall–Kier alpha value is -0.380. The Morgan fingerprint density at radius 3 is 0.705 bits per heavy atom. The molecule has 3 nitrogen and oxygen atoms in total. The van der Waals surface area contributed by atoms with E-state index in [1.807, 2.05) is 0 Å². The average Bonchev–Trinajstić information content (AvgIpc) is 3.03. The van der Waals surface area contributed by atoms with E-state index in [0.717, 1.165) is 25.2 Å². The molecule has 0 spiro atoms. The van der Waals surface area contributed by atoms with E-state index in [4.69, 9.17) is 15.3 Å². The lowest BCUT2D eigenvalue weighted by atomic mass is 9.89. The molecule has 0 aromatic heterocycles. The quantitative estimate of drug-likeness (QED) is 0.0472. The highest BCUT2D eigenvalue weighted by Crippen LogP contribution is 2.25. The summed E-state index contributed by atoms with van der Waals surface area (Å²) in [7, 11) is 0. The fourth-order valence-electron chi connectivity index (χ4n) is 6.72. The Balaban J connectivity index is 3.91. The molecule has 0 heterocycles. The minimum Gasteiger partial charge on any atom is -0.396 e. The second kappa shape index (κ2) is 40.6. The number of hydrogen-bond acceptors (Lipinski definition) is 3. The second-order valence-corrected chi connectivity index (χ2v) is 14.1. The van der Waals surface area contributed by atoms with Crippen molar-refractivity contribution in [2.45, 2.75) is 225 Å². The number of rotatable bonds is 39. The zero-order valence-corrected chi connectivity index (χ0v) is 29.9. The summed E-state index contributed by atoms with van der Waals surface area (Å²) in [5.74, 6) is 0.970. The molecule has 0 radical (unpaired) electrons. The summed E-state index contributed by atoms with van der Waals surface area (Å²) in [6.07, 6.45) is 51.6. The van der Waals surface area contributed by atoms with Crippen molar-refractivity contribution in [3.05, 3.63) is 12.2 Å². The summed E-state index contributed by atoms with van der Waals surface area (Å²) in [5, 5.41) is 26.6. The third kappa shape index (κ3) is 37.8. The van der Waals surface area contributed by atoms with Gasteiger partial charge in [-0.05, 0) is 50.9 Å². The fourth-order valence-corrected chi connectivity index (χ4v) is 6.72. The van der Waals surface area contributed by atoms with Crippen LogP contribution in [-0.4, -0.2) is 35.1 Å². The average molecular weight is 623 g/mol. The van der Waals surface area contributed by atoms with Gasteiger partial charge in [-0.15, -0.1) is 0 Å². The summed E-state index contributed by atoms with van der Waals surface area (Å²) in [5.41, 5.74) is 0. The van der Waals surface area contributed by atoms with Crippen LogP contribution in [0.3, 0.4) is 0 Å². The van der Waals surface area contributed by atoms with E-state index in [0.29, 0.717) is 19.8 Å². The molecule has 0 aliphatic rings. The smallest absolute Gasteiger partial charge is 0.0431 e. The van der Waals surface area contributed by atoms with Crippen molar-refractivity contribution in [1.82, 2.24) is 0 Å². The lowest BCUT2D eigenvalue weighted by Gasteiger charge is -2.17. The van der Waals surface area contributed by atoms with Crippen molar-refractivity contribution in [2.24, 2.45) is 5.92 Å². The van der Waals surface area contributed by atoms with E-state index in [1.54, 1.807) is 0 Å². The predicted octanol–water partition coefficient (Wildman–Crippen LogP) is 12.8. The van der Waals surface area contributed by atoms with E-state index >= 15 is 0 Å². The van der Waals surface area contributed by atoms with E-state index in [-0.39, 0.29) is 0 Å². The Morgan fingerprint density at radius 2 is 0.455 bits per heavy atom. The zero-order chi connectivity index (χ0) is 31.9. The molecular formula is C41H82O3. The topological polar surface area (TPSA) is 60.7 Å². The third-order valence-corrected chi connectivity index (χ3v) is 9.72. The lowest BCUT2D eigenvalue weighted by molar-refractivity contribution is 0.282. The van der Waals surface area contributed by atoms with Gasteiger partial charge < -0.3 is 15.3 Å². The molecule has 0 aromatic rings. The van der Waals surface area contributed by atoms with Crippen LogP contribution in [0.4, 0.5) is 0 Å². The van der Waals surface area contributed by atoms with Crippen molar-refractivity contribution in [3.63, 3.8) is 0 Å². The highest BCUT2D eigenvalue weighted by atomic mass is 16.3. The fraction of sp³-hybridized carbons (Fsp3) is 0.951. The number of allylic oxidation sites excluding steroid dienone is 2. The molecule has 3 heteroatoms. The summed E-state index contributed by atoms with van der Waals surface area (Å²) in [6, 6.07) is 0. The van der Waals surface area contributed by atoms with E-state index < -0.39 is 0 Å². The van der Waals surface area contributed by atoms with Crippen molar-refractivity contribution >= 4 is 0 Å². The van der Waals surface area contributed by atoms with Crippen molar-refractivity contribution < 1.29 is 15.3 Å². The summed E-state index contributed by atoms with van der Waals surface area (Å²) >= 11 is 0. The molecule has 0 aliphatic carbocycles. The molecule has 0 aliphatic heterocycles. The van der Waals surface area contributed by atoms with Gasteiger partial charge in [-0.25, -0.2) is 0 Å². The number of aliphatic hydroxyl groups excluding tert-OH is 3. The van der Waals surface area contributed by atoms with Gasteiger partial charge in [0.05, 0.1) is 0 Å². The van der Waals surface area contributed by atoms with E-state index in [1.165, 1.54) is 205 Å². The largest absolute Gasteiger partial charge is 0.396 e. The van der Waals surface area contributed by atoms with Crippen LogP contribution < -0.4 is 0 Å². The van der Waals surface area contributed by atoms with Gasteiger partial charge >= 0.3 is 0 Å². The molecule has 0 amide bonds. The Bertz CT molecular complexity index is 520. The Labute approximate surface area is 277 Å². The van der Waals surface area contributed by atoms with Gasteiger partial charge in [0.2, 0.25) is 0 Å². The van der Waals surface area contributed by atoms with Crippen molar-refractivity contribution in [1.29, 1.82) is 0 Å². The minimum absolute atomic E-state index is 0.355. The summed E-state index contributed by atoms with van der Waals surface area (Å²) in [4.78, 5) is 0. The number of unbranched alkanes of at least 4 members (excludes halogenated alkanes) is 28. The van der Waals surface area contributed by atoms with Crippen LogP contribution >= 0.6 is 0 Å². The lowest BCUT2D eigenvalue weighted by Crippen LogP contribution is -2.01. The van der Waals surface area contributed by atoms with Gasteiger partial charge in [-0.2, -0.15) is 0 Å². The molecule has 0 saturated carbocycles. The second-order valence-electron chi connectivity index (χ2n) is 14.1.